The fourth-order valence-electron chi connectivity index (χ4n) is 2.05. The zero-order chi connectivity index (χ0) is 12.4. The van der Waals surface area contributed by atoms with E-state index >= 15 is 0 Å². The number of rotatable bonds is 4. The van der Waals surface area contributed by atoms with Crippen molar-refractivity contribution >= 4 is 0 Å². The Labute approximate surface area is 102 Å². The van der Waals surface area contributed by atoms with Crippen LogP contribution in [0.15, 0.2) is 12.1 Å². The van der Waals surface area contributed by atoms with Crippen molar-refractivity contribution in [3.05, 3.63) is 23.3 Å². The summed E-state index contributed by atoms with van der Waals surface area (Å²) >= 11 is 0. The van der Waals surface area contributed by atoms with Crippen LogP contribution in [-0.2, 0) is 13.0 Å². The van der Waals surface area contributed by atoms with E-state index in [0.717, 1.165) is 30.0 Å². The molecule has 2 rings (SSSR count). The van der Waals surface area contributed by atoms with Gasteiger partial charge in [-0.1, -0.05) is 0 Å². The van der Waals surface area contributed by atoms with Gasteiger partial charge in [-0.25, -0.2) is 0 Å². The van der Waals surface area contributed by atoms with Crippen molar-refractivity contribution in [1.29, 1.82) is 0 Å². The first kappa shape index (κ1) is 12.2. The molecule has 1 aliphatic rings. The first-order valence-corrected chi connectivity index (χ1v) is 5.87. The third-order valence-corrected chi connectivity index (χ3v) is 2.88. The van der Waals surface area contributed by atoms with Gasteiger partial charge in [-0.3, -0.25) is 10.4 Å². The van der Waals surface area contributed by atoms with Gasteiger partial charge < -0.3 is 9.47 Å². The van der Waals surface area contributed by atoms with Crippen LogP contribution in [0.2, 0.25) is 0 Å². The summed E-state index contributed by atoms with van der Waals surface area (Å²) in [5.74, 6) is 1.92. The lowest BCUT2D eigenvalue weighted by Gasteiger charge is -2.15. The second-order valence-corrected chi connectivity index (χ2v) is 4.63. The zero-order valence-electron chi connectivity index (χ0n) is 10.9. The molecule has 0 fully saturated rings. The summed E-state index contributed by atoms with van der Waals surface area (Å²) in [7, 11) is 5.65. The highest BCUT2D eigenvalue weighted by Gasteiger charge is 2.21. The van der Waals surface area contributed by atoms with Gasteiger partial charge >= 0.3 is 0 Å². The maximum atomic E-state index is 5.76. The van der Waals surface area contributed by atoms with Gasteiger partial charge in [0.1, 0.15) is 17.6 Å². The predicted octanol–water partition coefficient (Wildman–Crippen LogP) is 1.58. The van der Waals surface area contributed by atoms with Gasteiger partial charge in [-0.15, -0.1) is 0 Å². The lowest BCUT2D eigenvalue weighted by Crippen LogP contribution is -2.29. The van der Waals surface area contributed by atoms with Crippen LogP contribution in [0.5, 0.6) is 11.5 Å². The molecule has 1 aliphatic heterocycles. The average Bonchev–Trinajstić information content (AvgIpc) is 2.63. The number of fused-ring (bicyclic) bond motifs is 1. The lowest BCUT2D eigenvalue weighted by molar-refractivity contribution is 0.253. The van der Waals surface area contributed by atoms with E-state index in [1.54, 1.807) is 7.11 Å². The molecular weight excluding hydrogens is 216 g/mol. The van der Waals surface area contributed by atoms with Crippen molar-refractivity contribution in [2.24, 2.45) is 0 Å². The van der Waals surface area contributed by atoms with Crippen LogP contribution >= 0.6 is 0 Å². The van der Waals surface area contributed by atoms with Crippen LogP contribution < -0.4 is 14.9 Å². The van der Waals surface area contributed by atoms with Crippen LogP contribution in [-0.4, -0.2) is 32.3 Å². The monoisotopic (exact) mass is 236 g/mol. The molecule has 1 N–H and O–H groups in total. The van der Waals surface area contributed by atoms with Crippen LogP contribution in [0, 0.1) is 0 Å². The first-order valence-electron chi connectivity index (χ1n) is 5.87. The third kappa shape index (κ3) is 2.70. The summed E-state index contributed by atoms with van der Waals surface area (Å²) in [4.78, 5) is 0. The SMILES string of the molecule is COc1cc2c(cc1CNN(C)C)OC(C)C2. The van der Waals surface area contributed by atoms with Crippen molar-refractivity contribution < 1.29 is 9.47 Å². The Hall–Kier alpha value is -1.26. The standard InChI is InChI=1S/C13H20N2O2/c1-9-5-10-6-12(16-4)11(7-13(10)17-9)8-14-15(2)3/h6-7,9,14H,5,8H2,1-4H3. The minimum Gasteiger partial charge on any atom is -0.496 e. The fraction of sp³-hybridized carbons (Fsp3) is 0.538. The molecule has 1 aromatic carbocycles. The lowest BCUT2D eigenvalue weighted by atomic mass is 10.1. The van der Waals surface area contributed by atoms with Crippen molar-refractivity contribution in [3.8, 4) is 11.5 Å². The van der Waals surface area contributed by atoms with E-state index in [9.17, 15) is 0 Å². The van der Waals surface area contributed by atoms with Crippen molar-refractivity contribution in [2.45, 2.75) is 26.0 Å². The van der Waals surface area contributed by atoms with E-state index in [2.05, 4.69) is 24.5 Å². The predicted molar refractivity (Wildman–Crippen MR) is 67.3 cm³/mol. The van der Waals surface area contributed by atoms with Gasteiger partial charge in [0.05, 0.1) is 7.11 Å². The summed E-state index contributed by atoms with van der Waals surface area (Å²) in [5.41, 5.74) is 5.59. The highest BCUT2D eigenvalue weighted by Crippen LogP contribution is 2.34. The molecule has 0 bridgehead atoms. The van der Waals surface area contributed by atoms with Crippen LogP contribution in [0.4, 0.5) is 0 Å². The quantitative estimate of drug-likeness (QED) is 0.805. The zero-order valence-corrected chi connectivity index (χ0v) is 10.9. The molecule has 0 saturated heterocycles. The minimum absolute atomic E-state index is 0.270. The maximum absolute atomic E-state index is 5.76. The minimum atomic E-state index is 0.270. The Morgan fingerprint density at radius 2 is 2.24 bits per heavy atom. The van der Waals surface area contributed by atoms with Crippen molar-refractivity contribution in [2.75, 3.05) is 21.2 Å². The number of hydrogen-bond donors (Lipinski definition) is 1. The number of nitrogens with zero attached hydrogens (tertiary/aromatic N) is 1. The van der Waals surface area contributed by atoms with Gasteiger partial charge in [0.15, 0.2) is 0 Å². The normalized spacial score (nSPS) is 18.1. The van der Waals surface area contributed by atoms with E-state index in [-0.39, 0.29) is 6.10 Å². The molecule has 17 heavy (non-hydrogen) atoms. The summed E-state index contributed by atoms with van der Waals surface area (Å²) in [6.07, 6.45) is 1.24. The Balaban J connectivity index is 2.23. The van der Waals surface area contributed by atoms with E-state index in [4.69, 9.17) is 9.47 Å². The molecule has 0 radical (unpaired) electrons. The number of benzene rings is 1. The van der Waals surface area contributed by atoms with Gasteiger partial charge in [-0.2, -0.15) is 0 Å². The van der Waals surface area contributed by atoms with Crippen LogP contribution in [0.3, 0.4) is 0 Å². The molecule has 1 aromatic rings. The van der Waals surface area contributed by atoms with E-state index < -0.39 is 0 Å². The second-order valence-electron chi connectivity index (χ2n) is 4.63. The van der Waals surface area contributed by atoms with E-state index in [0.29, 0.717) is 0 Å². The molecule has 94 valence electrons. The van der Waals surface area contributed by atoms with Gasteiger partial charge in [-0.05, 0) is 19.1 Å². The summed E-state index contributed by atoms with van der Waals surface area (Å²) in [6, 6.07) is 4.17. The number of ether oxygens (including phenoxy) is 2. The summed E-state index contributed by atoms with van der Waals surface area (Å²) in [5, 5.41) is 1.93. The molecule has 1 atom stereocenters. The van der Waals surface area contributed by atoms with E-state index in [1.807, 2.05) is 19.1 Å². The third-order valence-electron chi connectivity index (χ3n) is 2.88. The smallest absolute Gasteiger partial charge is 0.123 e. The largest absolute Gasteiger partial charge is 0.496 e. The molecule has 0 saturated carbocycles. The molecule has 1 unspecified atom stereocenters. The molecule has 4 heteroatoms. The first-order chi connectivity index (χ1) is 8.10. The van der Waals surface area contributed by atoms with Crippen molar-refractivity contribution in [1.82, 2.24) is 10.4 Å². The number of hydrogen-bond acceptors (Lipinski definition) is 4. The van der Waals surface area contributed by atoms with Gasteiger partial charge in [0, 0.05) is 38.2 Å². The number of hydrazine groups is 1. The van der Waals surface area contributed by atoms with Crippen molar-refractivity contribution in [3.63, 3.8) is 0 Å². The number of methoxy groups -OCH3 is 1. The maximum Gasteiger partial charge on any atom is 0.123 e. The summed E-state index contributed by atoms with van der Waals surface area (Å²) < 4.78 is 11.2. The molecule has 0 aromatic heterocycles. The molecule has 0 aliphatic carbocycles. The Kier molecular flexibility index (Phi) is 3.54. The number of nitrogens with one attached hydrogen (secondary N) is 1. The highest BCUT2D eigenvalue weighted by atomic mass is 16.5. The van der Waals surface area contributed by atoms with Gasteiger partial charge in [0.25, 0.3) is 0 Å². The topological polar surface area (TPSA) is 33.7 Å². The van der Waals surface area contributed by atoms with Gasteiger partial charge in [0.2, 0.25) is 0 Å². The average molecular weight is 236 g/mol. The molecule has 0 spiro atoms. The second kappa shape index (κ2) is 4.94. The Morgan fingerprint density at radius 1 is 1.47 bits per heavy atom. The molecule has 1 heterocycles. The Morgan fingerprint density at radius 3 is 2.88 bits per heavy atom. The molecule has 0 amide bonds. The molecular formula is C13H20N2O2. The van der Waals surface area contributed by atoms with Crippen LogP contribution in [0.1, 0.15) is 18.1 Å². The van der Waals surface area contributed by atoms with E-state index in [1.165, 1.54) is 5.56 Å². The summed E-state index contributed by atoms with van der Waals surface area (Å²) in [6.45, 7) is 2.82. The molecule has 4 nitrogen and oxygen atoms in total. The van der Waals surface area contributed by atoms with Crippen LogP contribution in [0.25, 0.3) is 0 Å². The Bertz CT molecular complexity index is 405. The highest BCUT2D eigenvalue weighted by molar-refractivity contribution is 5.48. The fourth-order valence-corrected chi connectivity index (χ4v) is 2.05.